The fourth-order valence-corrected chi connectivity index (χ4v) is 2.92. The topological polar surface area (TPSA) is 97.2 Å². The Kier molecular flexibility index (Phi) is 26.2. The van der Waals surface area contributed by atoms with Crippen LogP contribution in [-0.4, -0.2) is 41.5 Å². The van der Waals surface area contributed by atoms with E-state index in [4.69, 9.17) is 10.2 Å². The number of carboxylic acids is 1. The number of quaternary nitrogens is 1. The summed E-state index contributed by atoms with van der Waals surface area (Å²) < 4.78 is 0. The average Bonchev–Trinajstić information content (AvgIpc) is 2.64. The predicted octanol–water partition coefficient (Wildman–Crippen LogP) is 3.09. The second kappa shape index (κ2) is 25.1. The van der Waals surface area contributed by atoms with Gasteiger partial charge in [-0.3, -0.25) is 0 Å². The van der Waals surface area contributed by atoms with Crippen molar-refractivity contribution < 1.29 is 25.4 Å². The van der Waals surface area contributed by atoms with Crippen molar-refractivity contribution in [3.8, 4) is 0 Å². The summed E-state index contributed by atoms with van der Waals surface area (Å²) in [5.74, 6) is -0.914. The third kappa shape index (κ3) is 34.9. The van der Waals surface area contributed by atoms with Crippen molar-refractivity contribution in [1.29, 1.82) is 0 Å². The molecule has 0 fully saturated rings. The third-order valence-electron chi connectivity index (χ3n) is 4.66. The number of hydrogen-bond donors (Lipinski definition) is 3. The van der Waals surface area contributed by atoms with Crippen LogP contribution in [0.1, 0.15) is 111 Å². The number of carboxylic acid groups (broad SMARTS) is 1. The SMILES string of the molecule is CC(O)C[NH2+]CC(C)O.CCCCCCCCC=CCCCCCCCC(=O)[O-]. The van der Waals surface area contributed by atoms with Gasteiger partial charge in [0.15, 0.2) is 0 Å². The fourth-order valence-electron chi connectivity index (χ4n) is 2.92. The minimum Gasteiger partial charge on any atom is -0.550 e. The number of hydrogen-bond acceptors (Lipinski definition) is 4. The summed E-state index contributed by atoms with van der Waals surface area (Å²) in [6, 6.07) is 0. The first-order valence-corrected chi connectivity index (χ1v) is 11.9. The number of aliphatic hydroxyl groups is 2. The van der Waals surface area contributed by atoms with E-state index in [-0.39, 0.29) is 18.6 Å². The second-order valence-corrected chi connectivity index (χ2v) is 8.16. The monoisotopic (exact) mass is 415 g/mol. The summed E-state index contributed by atoms with van der Waals surface area (Å²) in [6.07, 6.45) is 20.4. The quantitative estimate of drug-likeness (QED) is 0.223. The van der Waals surface area contributed by atoms with Crippen LogP contribution in [0.4, 0.5) is 0 Å². The van der Waals surface area contributed by atoms with Gasteiger partial charge in [0.1, 0.15) is 13.1 Å². The standard InChI is InChI=1S/C18H34O2.C6H15NO2/c1-2-3-4-5-6-7-8-9-10-11-12-13-14-15-16-17-18(19)20;1-5(8)3-7-4-6(2)9/h9-10H,2-8,11-17H2,1H3,(H,19,20);5-9H,3-4H2,1-2H3. The Morgan fingerprint density at radius 2 is 1.21 bits per heavy atom. The molecular formula is C24H49NO4. The lowest BCUT2D eigenvalue weighted by molar-refractivity contribution is -0.665. The third-order valence-corrected chi connectivity index (χ3v) is 4.66. The molecule has 0 aromatic heterocycles. The van der Waals surface area contributed by atoms with Crippen molar-refractivity contribution >= 4 is 5.97 Å². The van der Waals surface area contributed by atoms with Gasteiger partial charge in [0.05, 0.1) is 12.2 Å². The number of rotatable bonds is 19. The Bertz CT molecular complexity index is 349. The van der Waals surface area contributed by atoms with Crippen LogP contribution in [-0.2, 0) is 4.79 Å². The number of nitrogens with two attached hydrogens (primary N) is 1. The Morgan fingerprint density at radius 1 is 0.793 bits per heavy atom. The summed E-state index contributed by atoms with van der Waals surface area (Å²) in [5.41, 5.74) is 0. The molecule has 174 valence electrons. The highest BCUT2D eigenvalue weighted by atomic mass is 16.4. The first-order chi connectivity index (χ1) is 13.9. The Labute approximate surface area is 180 Å². The first kappa shape index (κ1) is 30.3. The molecule has 5 nitrogen and oxygen atoms in total. The summed E-state index contributed by atoms with van der Waals surface area (Å²) >= 11 is 0. The predicted molar refractivity (Wildman–Crippen MR) is 119 cm³/mol. The molecule has 29 heavy (non-hydrogen) atoms. The van der Waals surface area contributed by atoms with Crippen molar-refractivity contribution in [2.24, 2.45) is 0 Å². The van der Waals surface area contributed by atoms with Crippen LogP contribution in [0, 0.1) is 0 Å². The number of aliphatic hydroxyl groups excluding tert-OH is 2. The van der Waals surface area contributed by atoms with Gasteiger partial charge in [-0.05, 0) is 52.4 Å². The number of allylic oxidation sites excluding steroid dienone is 2. The molecule has 0 saturated carbocycles. The molecule has 0 heterocycles. The zero-order chi connectivity index (χ0) is 22.2. The van der Waals surface area contributed by atoms with E-state index in [0.29, 0.717) is 13.1 Å². The zero-order valence-electron chi connectivity index (χ0n) is 19.4. The number of aliphatic carboxylic acids is 1. The van der Waals surface area contributed by atoms with Crippen LogP contribution in [0.15, 0.2) is 12.2 Å². The molecule has 0 saturated heterocycles. The van der Waals surface area contributed by atoms with Crippen molar-refractivity contribution in [1.82, 2.24) is 0 Å². The molecule has 0 aromatic rings. The minimum absolute atomic E-state index is 0.220. The van der Waals surface area contributed by atoms with Crippen molar-refractivity contribution in [3.63, 3.8) is 0 Å². The molecule has 0 spiro atoms. The molecule has 0 bridgehead atoms. The Balaban J connectivity index is 0. The van der Waals surface area contributed by atoms with Crippen LogP contribution >= 0.6 is 0 Å². The molecule has 2 unspecified atom stereocenters. The average molecular weight is 416 g/mol. The van der Waals surface area contributed by atoms with Gasteiger partial charge in [-0.1, -0.05) is 70.4 Å². The van der Waals surface area contributed by atoms with Gasteiger partial charge < -0.3 is 25.4 Å². The molecule has 4 N–H and O–H groups in total. The number of unbranched alkanes of at least 4 members (excludes halogenated alkanes) is 11. The van der Waals surface area contributed by atoms with Crippen molar-refractivity contribution in [3.05, 3.63) is 12.2 Å². The van der Waals surface area contributed by atoms with Gasteiger partial charge in [0, 0.05) is 5.97 Å². The molecule has 0 aliphatic heterocycles. The fraction of sp³-hybridized carbons (Fsp3) is 0.875. The summed E-state index contributed by atoms with van der Waals surface area (Å²) in [7, 11) is 0. The molecular weight excluding hydrogens is 366 g/mol. The lowest BCUT2D eigenvalue weighted by Crippen LogP contribution is -2.88. The number of carbonyl (C=O) groups excluding carboxylic acids is 1. The van der Waals surface area contributed by atoms with Crippen molar-refractivity contribution in [2.45, 2.75) is 123 Å². The lowest BCUT2D eigenvalue weighted by Gasteiger charge is -2.04. The van der Waals surface area contributed by atoms with Gasteiger partial charge in [-0.25, -0.2) is 0 Å². The van der Waals surface area contributed by atoms with E-state index in [2.05, 4.69) is 19.1 Å². The van der Waals surface area contributed by atoms with Crippen LogP contribution in [0.2, 0.25) is 0 Å². The summed E-state index contributed by atoms with van der Waals surface area (Å²) in [4.78, 5) is 10.2. The maximum Gasteiger partial charge on any atom is 0.102 e. The smallest absolute Gasteiger partial charge is 0.102 e. The molecule has 0 aromatic carbocycles. The van der Waals surface area contributed by atoms with Crippen LogP contribution in [0.25, 0.3) is 0 Å². The molecule has 0 aliphatic carbocycles. The van der Waals surface area contributed by atoms with Crippen LogP contribution < -0.4 is 10.4 Å². The second-order valence-electron chi connectivity index (χ2n) is 8.16. The molecule has 5 heteroatoms. The van der Waals surface area contributed by atoms with E-state index in [0.717, 1.165) is 19.3 Å². The zero-order valence-corrected chi connectivity index (χ0v) is 19.4. The number of carbonyl (C=O) groups is 1. The van der Waals surface area contributed by atoms with E-state index in [1.54, 1.807) is 13.8 Å². The highest BCUT2D eigenvalue weighted by Gasteiger charge is 1.99. The largest absolute Gasteiger partial charge is 0.550 e. The molecule has 0 rings (SSSR count). The van der Waals surface area contributed by atoms with Crippen molar-refractivity contribution in [2.75, 3.05) is 13.1 Å². The van der Waals surface area contributed by atoms with Gasteiger partial charge >= 0.3 is 0 Å². The summed E-state index contributed by atoms with van der Waals surface area (Å²) in [6.45, 7) is 7.07. The molecule has 2 atom stereocenters. The van der Waals surface area contributed by atoms with E-state index < -0.39 is 5.97 Å². The minimum atomic E-state index is -0.914. The van der Waals surface area contributed by atoms with Gasteiger partial charge in [-0.2, -0.15) is 0 Å². The summed E-state index contributed by atoms with van der Waals surface area (Å²) in [5, 5.41) is 29.6. The Morgan fingerprint density at radius 3 is 1.62 bits per heavy atom. The maximum atomic E-state index is 10.2. The van der Waals surface area contributed by atoms with E-state index >= 15 is 0 Å². The van der Waals surface area contributed by atoms with E-state index in [1.165, 1.54) is 64.2 Å². The maximum absolute atomic E-state index is 10.2. The molecule has 0 radical (unpaired) electrons. The first-order valence-electron chi connectivity index (χ1n) is 11.9. The Hall–Kier alpha value is -0.910. The van der Waals surface area contributed by atoms with E-state index in [9.17, 15) is 9.90 Å². The van der Waals surface area contributed by atoms with Crippen LogP contribution in [0.3, 0.4) is 0 Å². The normalized spacial score (nSPS) is 13.1. The van der Waals surface area contributed by atoms with Crippen LogP contribution in [0.5, 0.6) is 0 Å². The van der Waals surface area contributed by atoms with Gasteiger partial charge in [0.25, 0.3) is 0 Å². The van der Waals surface area contributed by atoms with Gasteiger partial charge in [0.2, 0.25) is 0 Å². The lowest BCUT2D eigenvalue weighted by atomic mass is 10.1. The molecule has 0 aliphatic rings. The highest BCUT2D eigenvalue weighted by molar-refractivity contribution is 5.63. The van der Waals surface area contributed by atoms with Gasteiger partial charge in [-0.15, -0.1) is 0 Å². The highest BCUT2D eigenvalue weighted by Crippen LogP contribution is 2.09. The van der Waals surface area contributed by atoms with E-state index in [1.807, 2.05) is 5.32 Å². The molecule has 0 amide bonds.